The van der Waals surface area contributed by atoms with Gasteiger partial charge in [-0.2, -0.15) is 11.8 Å². The van der Waals surface area contributed by atoms with Crippen LogP contribution in [0, 0.1) is 0 Å². The van der Waals surface area contributed by atoms with Crippen LogP contribution in [0.15, 0.2) is 22.9 Å². The minimum Gasteiger partial charge on any atom is -0.376 e. The first kappa shape index (κ1) is 15.3. The van der Waals surface area contributed by atoms with Crippen molar-refractivity contribution in [2.75, 3.05) is 24.7 Å². The van der Waals surface area contributed by atoms with Crippen molar-refractivity contribution in [2.45, 2.75) is 31.4 Å². The molecule has 0 aliphatic carbocycles. The molecule has 0 bridgehead atoms. The molecule has 2 aliphatic rings. The fourth-order valence-corrected chi connectivity index (χ4v) is 4.52. The summed E-state index contributed by atoms with van der Waals surface area (Å²) in [6.45, 7) is 1.52. The zero-order valence-corrected chi connectivity index (χ0v) is 14.2. The summed E-state index contributed by atoms with van der Waals surface area (Å²) in [6.07, 6.45) is 5.10. The molecule has 6 heteroatoms. The van der Waals surface area contributed by atoms with Crippen LogP contribution < -0.4 is 0 Å². The maximum atomic E-state index is 12.9. The van der Waals surface area contributed by atoms with Crippen LogP contribution in [0.3, 0.4) is 0 Å². The number of aromatic nitrogens is 1. The van der Waals surface area contributed by atoms with E-state index in [0.29, 0.717) is 22.8 Å². The highest BCUT2D eigenvalue weighted by Gasteiger charge is 2.32. The highest BCUT2D eigenvalue weighted by atomic mass is 79.9. The molecule has 114 valence electrons. The Labute approximate surface area is 137 Å². The molecule has 2 aliphatic heterocycles. The van der Waals surface area contributed by atoms with E-state index in [1.54, 1.807) is 6.20 Å². The number of amides is 1. The van der Waals surface area contributed by atoms with Crippen LogP contribution in [0.4, 0.5) is 0 Å². The van der Waals surface area contributed by atoms with E-state index in [1.165, 1.54) is 0 Å². The number of nitrogens with zero attached hydrogens (tertiary/aromatic N) is 2. The largest absolute Gasteiger partial charge is 0.376 e. The van der Waals surface area contributed by atoms with Gasteiger partial charge in [-0.15, -0.1) is 0 Å². The van der Waals surface area contributed by atoms with Crippen LogP contribution in [0.2, 0.25) is 0 Å². The molecule has 0 spiro atoms. The Morgan fingerprint density at radius 2 is 2.43 bits per heavy atom. The quantitative estimate of drug-likeness (QED) is 0.764. The molecule has 3 heterocycles. The standard InChI is InChI=1S/C15H19BrN2O2S/c16-14-13(4-1-6-17-14)15(19)18(11-5-8-21-10-11)9-12-3-2-7-20-12/h1,4,6,11-12H,2-3,5,7-10H2. The molecule has 0 saturated carbocycles. The van der Waals surface area contributed by atoms with E-state index >= 15 is 0 Å². The number of carbonyl (C=O) groups excluding carboxylic acids is 1. The summed E-state index contributed by atoms with van der Waals surface area (Å²) in [4.78, 5) is 19.1. The summed E-state index contributed by atoms with van der Waals surface area (Å²) in [7, 11) is 0. The van der Waals surface area contributed by atoms with Crippen molar-refractivity contribution in [1.82, 2.24) is 9.88 Å². The van der Waals surface area contributed by atoms with E-state index in [9.17, 15) is 4.79 Å². The molecular formula is C15H19BrN2O2S. The highest BCUT2D eigenvalue weighted by molar-refractivity contribution is 9.10. The Balaban J connectivity index is 1.79. The van der Waals surface area contributed by atoms with Crippen LogP contribution in [0.25, 0.3) is 0 Å². The predicted octanol–water partition coefficient (Wildman–Crippen LogP) is 2.97. The predicted molar refractivity (Wildman–Crippen MR) is 87.7 cm³/mol. The lowest BCUT2D eigenvalue weighted by Gasteiger charge is -2.31. The summed E-state index contributed by atoms with van der Waals surface area (Å²) < 4.78 is 6.35. The zero-order valence-electron chi connectivity index (χ0n) is 11.8. The van der Waals surface area contributed by atoms with Gasteiger partial charge in [0.1, 0.15) is 4.60 Å². The average molecular weight is 371 g/mol. The van der Waals surface area contributed by atoms with Crippen LogP contribution in [-0.4, -0.2) is 52.6 Å². The lowest BCUT2D eigenvalue weighted by molar-refractivity contribution is 0.0440. The SMILES string of the molecule is O=C(c1cccnc1Br)N(CC1CCCO1)C1CCSC1. The Bertz CT molecular complexity index is 502. The Kier molecular flexibility index (Phi) is 5.19. The number of ether oxygens (including phenoxy) is 1. The number of carbonyl (C=O) groups is 1. The smallest absolute Gasteiger partial charge is 0.256 e. The zero-order chi connectivity index (χ0) is 14.7. The first-order valence-electron chi connectivity index (χ1n) is 7.36. The van der Waals surface area contributed by atoms with Crippen molar-refractivity contribution in [2.24, 2.45) is 0 Å². The van der Waals surface area contributed by atoms with Gasteiger partial charge in [-0.25, -0.2) is 4.98 Å². The second-order valence-electron chi connectivity index (χ2n) is 5.45. The van der Waals surface area contributed by atoms with Crippen LogP contribution >= 0.6 is 27.7 Å². The maximum Gasteiger partial charge on any atom is 0.256 e. The summed E-state index contributed by atoms with van der Waals surface area (Å²) in [5.41, 5.74) is 0.646. The monoisotopic (exact) mass is 370 g/mol. The van der Waals surface area contributed by atoms with Gasteiger partial charge in [-0.3, -0.25) is 4.79 Å². The highest BCUT2D eigenvalue weighted by Crippen LogP contribution is 2.27. The van der Waals surface area contributed by atoms with Crippen molar-refractivity contribution >= 4 is 33.6 Å². The number of rotatable bonds is 4. The normalized spacial score (nSPS) is 25.2. The van der Waals surface area contributed by atoms with Crippen LogP contribution in [0.5, 0.6) is 0 Å². The molecule has 1 aromatic rings. The van der Waals surface area contributed by atoms with Gasteiger partial charge in [-0.05, 0) is 53.1 Å². The molecule has 21 heavy (non-hydrogen) atoms. The third-order valence-electron chi connectivity index (χ3n) is 4.02. The van der Waals surface area contributed by atoms with Crippen molar-refractivity contribution in [3.05, 3.63) is 28.5 Å². The fraction of sp³-hybridized carbons (Fsp3) is 0.600. The van der Waals surface area contributed by atoms with E-state index in [4.69, 9.17) is 4.74 Å². The molecule has 2 fully saturated rings. The second kappa shape index (κ2) is 7.11. The molecule has 2 unspecified atom stereocenters. The number of halogens is 1. The topological polar surface area (TPSA) is 42.4 Å². The van der Waals surface area contributed by atoms with Gasteiger partial charge < -0.3 is 9.64 Å². The van der Waals surface area contributed by atoms with Crippen LogP contribution in [0.1, 0.15) is 29.6 Å². The average Bonchev–Trinajstić information content (AvgIpc) is 3.18. The molecule has 0 N–H and O–H groups in total. The number of hydrogen-bond donors (Lipinski definition) is 0. The van der Waals surface area contributed by atoms with Gasteiger partial charge in [0.25, 0.3) is 5.91 Å². The lowest BCUT2D eigenvalue weighted by atomic mass is 10.1. The molecule has 3 rings (SSSR count). The molecular weight excluding hydrogens is 352 g/mol. The summed E-state index contributed by atoms with van der Waals surface area (Å²) in [5, 5.41) is 0. The fourth-order valence-electron chi connectivity index (χ4n) is 2.87. The first-order valence-corrected chi connectivity index (χ1v) is 9.31. The van der Waals surface area contributed by atoms with E-state index in [2.05, 4.69) is 20.9 Å². The van der Waals surface area contributed by atoms with Gasteiger partial charge >= 0.3 is 0 Å². The maximum absolute atomic E-state index is 12.9. The van der Waals surface area contributed by atoms with Gasteiger partial charge in [-0.1, -0.05) is 0 Å². The van der Waals surface area contributed by atoms with E-state index in [0.717, 1.165) is 37.4 Å². The van der Waals surface area contributed by atoms with Crippen molar-refractivity contribution in [3.8, 4) is 0 Å². The van der Waals surface area contributed by atoms with Gasteiger partial charge in [0.05, 0.1) is 11.7 Å². The first-order chi connectivity index (χ1) is 10.3. The van der Waals surface area contributed by atoms with E-state index in [1.807, 2.05) is 28.8 Å². The van der Waals surface area contributed by atoms with Crippen molar-refractivity contribution < 1.29 is 9.53 Å². The van der Waals surface area contributed by atoms with E-state index in [-0.39, 0.29) is 12.0 Å². The number of pyridine rings is 1. The molecule has 1 amide bonds. The van der Waals surface area contributed by atoms with Crippen molar-refractivity contribution in [1.29, 1.82) is 0 Å². The van der Waals surface area contributed by atoms with Gasteiger partial charge in [0.2, 0.25) is 0 Å². The molecule has 4 nitrogen and oxygen atoms in total. The number of hydrogen-bond acceptors (Lipinski definition) is 4. The molecule has 0 radical (unpaired) electrons. The van der Waals surface area contributed by atoms with Crippen LogP contribution in [-0.2, 0) is 4.74 Å². The minimum absolute atomic E-state index is 0.0676. The molecule has 0 aromatic carbocycles. The third kappa shape index (κ3) is 3.60. The summed E-state index contributed by atoms with van der Waals surface area (Å²) >= 11 is 5.31. The van der Waals surface area contributed by atoms with Gasteiger partial charge in [0.15, 0.2) is 0 Å². The summed E-state index contributed by atoms with van der Waals surface area (Å²) in [5.74, 6) is 2.22. The third-order valence-corrected chi connectivity index (χ3v) is 5.80. The Hall–Kier alpha value is -0.590. The minimum atomic E-state index is 0.0676. The lowest BCUT2D eigenvalue weighted by Crippen LogP contribution is -2.44. The van der Waals surface area contributed by atoms with Crippen molar-refractivity contribution in [3.63, 3.8) is 0 Å². The molecule has 1 aromatic heterocycles. The number of thioether (sulfide) groups is 1. The summed E-state index contributed by atoms with van der Waals surface area (Å²) in [6, 6.07) is 3.97. The molecule has 2 atom stereocenters. The Morgan fingerprint density at radius 3 is 3.10 bits per heavy atom. The van der Waals surface area contributed by atoms with E-state index < -0.39 is 0 Å². The van der Waals surface area contributed by atoms with Gasteiger partial charge in [0, 0.05) is 31.1 Å². The molecule has 2 saturated heterocycles. The second-order valence-corrected chi connectivity index (χ2v) is 7.35. The Morgan fingerprint density at radius 1 is 1.52 bits per heavy atom.